The van der Waals surface area contributed by atoms with Crippen molar-refractivity contribution in [2.45, 2.75) is 0 Å². The first-order valence-electron chi connectivity index (χ1n) is 3.08. The third-order valence-electron chi connectivity index (χ3n) is 1.29. The van der Waals surface area contributed by atoms with Gasteiger partial charge >= 0.3 is 5.76 Å². The zero-order valence-electron chi connectivity index (χ0n) is 5.53. The first kappa shape index (κ1) is 6.42. The molecule has 2 heterocycles. The summed E-state index contributed by atoms with van der Waals surface area (Å²) in [6.45, 7) is 0. The van der Waals surface area contributed by atoms with Gasteiger partial charge in [0.25, 0.3) is 0 Å². The summed E-state index contributed by atoms with van der Waals surface area (Å²) >= 11 is 1.54. The summed E-state index contributed by atoms with van der Waals surface area (Å²) in [5.41, 5.74) is 0. The van der Waals surface area contributed by atoms with Crippen LogP contribution in [0.25, 0.3) is 10.6 Å². The van der Waals surface area contributed by atoms with Crippen molar-refractivity contribution in [2.75, 3.05) is 0 Å². The molecule has 56 valence electrons. The lowest BCUT2D eigenvalue weighted by atomic mass is 10.4. The molecule has 0 atom stereocenters. The van der Waals surface area contributed by atoms with Crippen LogP contribution in [-0.4, -0.2) is 4.98 Å². The molecule has 2 aromatic rings. The second kappa shape index (κ2) is 2.39. The zero-order chi connectivity index (χ0) is 7.68. The molecule has 0 amide bonds. The Morgan fingerprint density at radius 1 is 1.55 bits per heavy atom. The quantitative estimate of drug-likeness (QED) is 0.702. The van der Waals surface area contributed by atoms with Gasteiger partial charge in [-0.05, 0) is 11.4 Å². The number of thiophene rings is 1. The summed E-state index contributed by atoms with van der Waals surface area (Å²) in [5, 5.41) is 1.93. The van der Waals surface area contributed by atoms with Gasteiger partial charge in [0, 0.05) is 0 Å². The SMILES string of the molecule is O=c1[nH]cc(-c2cccs2)o1. The van der Waals surface area contributed by atoms with Gasteiger partial charge in [-0.15, -0.1) is 11.3 Å². The van der Waals surface area contributed by atoms with E-state index in [4.69, 9.17) is 4.42 Å². The first-order chi connectivity index (χ1) is 5.36. The van der Waals surface area contributed by atoms with Crippen molar-refractivity contribution in [1.29, 1.82) is 0 Å². The van der Waals surface area contributed by atoms with Gasteiger partial charge < -0.3 is 4.42 Å². The topological polar surface area (TPSA) is 46.0 Å². The predicted octanol–water partition coefficient (Wildman–Crippen LogP) is 1.70. The van der Waals surface area contributed by atoms with Crippen LogP contribution in [0.15, 0.2) is 32.9 Å². The number of aromatic amines is 1. The van der Waals surface area contributed by atoms with E-state index in [1.807, 2.05) is 17.5 Å². The minimum absolute atomic E-state index is 0.409. The second-order valence-corrected chi connectivity index (χ2v) is 2.97. The van der Waals surface area contributed by atoms with Crippen LogP contribution in [0.3, 0.4) is 0 Å². The predicted molar refractivity (Wildman–Crippen MR) is 42.6 cm³/mol. The summed E-state index contributed by atoms with van der Waals surface area (Å²) in [6.07, 6.45) is 1.56. The van der Waals surface area contributed by atoms with Crippen molar-refractivity contribution in [3.8, 4) is 10.6 Å². The molecule has 1 N–H and O–H groups in total. The molecule has 0 bridgehead atoms. The van der Waals surface area contributed by atoms with Crippen LogP contribution in [-0.2, 0) is 0 Å². The Labute approximate surface area is 66.3 Å². The summed E-state index contributed by atoms with van der Waals surface area (Å²) < 4.78 is 4.83. The molecule has 2 rings (SSSR count). The molecular weight excluding hydrogens is 162 g/mol. The largest absolute Gasteiger partial charge is 0.416 e. The van der Waals surface area contributed by atoms with Gasteiger partial charge in [-0.1, -0.05) is 6.07 Å². The molecule has 4 heteroatoms. The highest BCUT2D eigenvalue weighted by atomic mass is 32.1. The molecule has 0 aliphatic rings. The third-order valence-corrected chi connectivity index (χ3v) is 2.17. The van der Waals surface area contributed by atoms with Crippen molar-refractivity contribution in [1.82, 2.24) is 4.98 Å². The number of H-pyrrole nitrogens is 1. The van der Waals surface area contributed by atoms with E-state index in [-0.39, 0.29) is 0 Å². The lowest BCUT2D eigenvalue weighted by Crippen LogP contribution is -1.92. The van der Waals surface area contributed by atoms with E-state index in [9.17, 15) is 4.79 Å². The van der Waals surface area contributed by atoms with E-state index in [2.05, 4.69) is 4.98 Å². The average molecular weight is 167 g/mol. The number of aromatic nitrogens is 1. The Hall–Kier alpha value is -1.29. The molecule has 0 saturated heterocycles. The maximum absolute atomic E-state index is 10.6. The zero-order valence-corrected chi connectivity index (χ0v) is 6.35. The van der Waals surface area contributed by atoms with E-state index >= 15 is 0 Å². The molecule has 0 aliphatic carbocycles. The molecule has 11 heavy (non-hydrogen) atoms. The van der Waals surface area contributed by atoms with Gasteiger partial charge in [0.2, 0.25) is 0 Å². The van der Waals surface area contributed by atoms with Crippen molar-refractivity contribution >= 4 is 11.3 Å². The Morgan fingerprint density at radius 2 is 2.45 bits per heavy atom. The van der Waals surface area contributed by atoms with Gasteiger partial charge in [-0.25, -0.2) is 4.79 Å². The smallest absolute Gasteiger partial charge is 0.407 e. The Bertz CT molecular complexity index is 384. The highest BCUT2D eigenvalue weighted by molar-refractivity contribution is 7.13. The van der Waals surface area contributed by atoms with Gasteiger partial charge in [-0.2, -0.15) is 0 Å². The maximum atomic E-state index is 10.6. The maximum Gasteiger partial charge on any atom is 0.416 e. The number of nitrogens with one attached hydrogen (secondary N) is 1. The molecule has 0 aromatic carbocycles. The van der Waals surface area contributed by atoms with Crippen LogP contribution in [0.1, 0.15) is 0 Å². The summed E-state index contributed by atoms with van der Waals surface area (Å²) in [7, 11) is 0. The second-order valence-electron chi connectivity index (χ2n) is 2.02. The number of hydrogen-bond acceptors (Lipinski definition) is 3. The van der Waals surface area contributed by atoms with E-state index in [0.717, 1.165) is 4.88 Å². The van der Waals surface area contributed by atoms with E-state index in [0.29, 0.717) is 5.76 Å². The first-order valence-corrected chi connectivity index (χ1v) is 3.96. The van der Waals surface area contributed by atoms with E-state index in [1.165, 1.54) is 11.3 Å². The van der Waals surface area contributed by atoms with Crippen LogP contribution in [0, 0.1) is 0 Å². The van der Waals surface area contributed by atoms with Gasteiger partial charge in [0.05, 0.1) is 11.1 Å². The molecule has 0 saturated carbocycles. The highest BCUT2D eigenvalue weighted by Gasteiger charge is 2.01. The van der Waals surface area contributed by atoms with Crippen LogP contribution < -0.4 is 5.76 Å². The van der Waals surface area contributed by atoms with Crippen molar-refractivity contribution in [3.63, 3.8) is 0 Å². The van der Waals surface area contributed by atoms with Crippen molar-refractivity contribution < 1.29 is 4.42 Å². The van der Waals surface area contributed by atoms with E-state index < -0.39 is 5.76 Å². The molecule has 0 spiro atoms. The molecule has 0 fully saturated rings. The lowest BCUT2D eigenvalue weighted by Gasteiger charge is -1.83. The fourth-order valence-corrected chi connectivity index (χ4v) is 1.50. The van der Waals surface area contributed by atoms with Crippen LogP contribution in [0.4, 0.5) is 0 Å². The lowest BCUT2D eigenvalue weighted by molar-refractivity contribution is 0.529. The summed E-state index contributed by atoms with van der Waals surface area (Å²) in [5.74, 6) is 0.193. The van der Waals surface area contributed by atoms with Crippen molar-refractivity contribution in [3.05, 3.63) is 34.3 Å². The average Bonchev–Trinajstić information content (AvgIpc) is 2.55. The minimum atomic E-state index is -0.409. The normalized spacial score (nSPS) is 10.2. The Balaban J connectivity index is 2.53. The van der Waals surface area contributed by atoms with Crippen molar-refractivity contribution in [2.24, 2.45) is 0 Å². The van der Waals surface area contributed by atoms with Gasteiger partial charge in [0.1, 0.15) is 0 Å². The summed E-state index contributed by atoms with van der Waals surface area (Å²) in [6, 6.07) is 3.81. The fourth-order valence-electron chi connectivity index (χ4n) is 0.823. The Kier molecular flexibility index (Phi) is 1.40. The number of rotatable bonds is 1. The highest BCUT2D eigenvalue weighted by Crippen LogP contribution is 2.22. The Morgan fingerprint density at radius 3 is 3.00 bits per heavy atom. The molecule has 2 aromatic heterocycles. The number of hydrogen-bond donors (Lipinski definition) is 1. The molecular formula is C7H5NO2S. The van der Waals surface area contributed by atoms with Crippen LogP contribution >= 0.6 is 11.3 Å². The van der Waals surface area contributed by atoms with E-state index in [1.54, 1.807) is 6.20 Å². The minimum Gasteiger partial charge on any atom is -0.407 e. The van der Waals surface area contributed by atoms with Crippen LogP contribution in [0.5, 0.6) is 0 Å². The van der Waals surface area contributed by atoms with Gasteiger partial charge in [0.15, 0.2) is 5.76 Å². The van der Waals surface area contributed by atoms with Crippen LogP contribution in [0.2, 0.25) is 0 Å². The number of oxazole rings is 1. The molecule has 0 radical (unpaired) electrons. The molecule has 0 aliphatic heterocycles. The summed E-state index contributed by atoms with van der Waals surface area (Å²) in [4.78, 5) is 14.0. The fraction of sp³-hybridized carbons (Fsp3) is 0. The standard InChI is InChI=1S/C7H5NO2S/c9-7-8-4-5(10-7)6-2-1-3-11-6/h1-4H,(H,8,9). The molecule has 3 nitrogen and oxygen atoms in total. The monoisotopic (exact) mass is 167 g/mol. The molecule has 0 unspecified atom stereocenters. The third kappa shape index (κ3) is 1.12. The van der Waals surface area contributed by atoms with Gasteiger partial charge in [-0.3, -0.25) is 4.98 Å².